The fourth-order valence-electron chi connectivity index (χ4n) is 1.78. The van der Waals surface area contributed by atoms with Crippen LogP contribution in [0.4, 0.5) is 5.69 Å². The van der Waals surface area contributed by atoms with Crippen molar-refractivity contribution in [1.29, 1.82) is 0 Å². The Bertz CT molecular complexity index is 471. The Balaban J connectivity index is 2.53. The molecule has 0 amide bonds. The Morgan fingerprint density at radius 3 is 2.75 bits per heavy atom. The topological polar surface area (TPSA) is 3.24 Å². The van der Waals surface area contributed by atoms with Gasteiger partial charge in [0.1, 0.15) is 0 Å². The van der Waals surface area contributed by atoms with Gasteiger partial charge in [-0.05, 0) is 0 Å². The molecular formula is C14H15NSe. The van der Waals surface area contributed by atoms with E-state index in [1.165, 1.54) is 20.3 Å². The first-order valence-corrected chi connectivity index (χ1v) is 6.99. The van der Waals surface area contributed by atoms with Crippen LogP contribution in [0.2, 0.25) is 0 Å². The molecular weight excluding hydrogens is 261 g/mol. The zero-order chi connectivity index (χ0) is 11.5. The summed E-state index contributed by atoms with van der Waals surface area (Å²) in [6.07, 6.45) is 6.23. The number of hydrogen-bond acceptors (Lipinski definition) is 1. The number of hydrogen-bond donors (Lipinski definition) is 0. The molecule has 0 saturated heterocycles. The van der Waals surface area contributed by atoms with Crippen molar-refractivity contribution < 1.29 is 0 Å². The number of anilines is 1. The van der Waals surface area contributed by atoms with Gasteiger partial charge in [0.15, 0.2) is 0 Å². The molecule has 2 rings (SSSR count). The normalized spacial score (nSPS) is 15.5. The average Bonchev–Trinajstić information content (AvgIpc) is 2.33. The first-order valence-electron chi connectivity index (χ1n) is 5.28. The van der Waals surface area contributed by atoms with Gasteiger partial charge in [0, 0.05) is 0 Å². The van der Waals surface area contributed by atoms with Crippen LogP contribution < -0.4 is 9.36 Å². The quantitative estimate of drug-likeness (QED) is 0.750. The Kier molecular flexibility index (Phi) is 3.33. The molecule has 0 bridgehead atoms. The molecule has 1 aromatic carbocycles. The van der Waals surface area contributed by atoms with Gasteiger partial charge in [-0.25, -0.2) is 0 Å². The summed E-state index contributed by atoms with van der Waals surface area (Å²) < 4.78 is 2.78. The maximum atomic E-state index is 3.92. The summed E-state index contributed by atoms with van der Waals surface area (Å²) in [7, 11) is 2.12. The predicted octanol–water partition coefficient (Wildman–Crippen LogP) is 2.44. The molecule has 0 N–H and O–H groups in total. The molecule has 0 atom stereocenters. The van der Waals surface area contributed by atoms with Gasteiger partial charge in [-0.3, -0.25) is 0 Å². The fourth-order valence-corrected chi connectivity index (χ4v) is 4.06. The first kappa shape index (κ1) is 11.3. The van der Waals surface area contributed by atoms with Crippen LogP contribution in [0.5, 0.6) is 0 Å². The number of benzene rings is 1. The second-order valence-corrected chi connectivity index (χ2v) is 5.86. The summed E-state index contributed by atoms with van der Waals surface area (Å²) in [5.41, 5.74) is 2.59. The van der Waals surface area contributed by atoms with E-state index in [0.717, 1.165) is 0 Å². The van der Waals surface area contributed by atoms with Crippen LogP contribution in [0.3, 0.4) is 0 Å². The first-order chi connectivity index (χ1) is 7.77. The molecule has 0 unspecified atom stereocenters. The third-order valence-electron chi connectivity index (χ3n) is 2.57. The number of allylic oxidation sites excluding steroid dienone is 4. The van der Waals surface area contributed by atoms with Crippen molar-refractivity contribution in [3.63, 3.8) is 0 Å². The van der Waals surface area contributed by atoms with E-state index in [4.69, 9.17) is 0 Å². The van der Waals surface area contributed by atoms with Crippen LogP contribution in [0.1, 0.15) is 6.92 Å². The standard InChI is InChI=1S/C14H15NSe/c1-4-8-11-13(5-2)16-14-10-7-6-9-12(14)15(11)3/h4-10H,2H2,1,3H3/b8-4-. The minimum atomic E-state index is 0.375. The van der Waals surface area contributed by atoms with Gasteiger partial charge in [-0.15, -0.1) is 0 Å². The van der Waals surface area contributed by atoms with Gasteiger partial charge in [0.2, 0.25) is 0 Å². The number of fused-ring (bicyclic) bond motifs is 1. The van der Waals surface area contributed by atoms with Gasteiger partial charge in [-0.2, -0.15) is 0 Å². The summed E-state index contributed by atoms with van der Waals surface area (Å²) in [6.45, 7) is 5.97. The third-order valence-corrected chi connectivity index (χ3v) is 5.01. The number of rotatable bonds is 2. The van der Waals surface area contributed by atoms with Crippen LogP contribution in [-0.4, -0.2) is 22.0 Å². The molecule has 1 heterocycles. The zero-order valence-electron chi connectivity index (χ0n) is 9.60. The van der Waals surface area contributed by atoms with Crippen molar-refractivity contribution >= 4 is 25.1 Å². The Morgan fingerprint density at radius 1 is 1.31 bits per heavy atom. The summed E-state index contributed by atoms with van der Waals surface area (Å²) in [5, 5.41) is 0. The van der Waals surface area contributed by atoms with Crippen molar-refractivity contribution in [2.24, 2.45) is 0 Å². The van der Waals surface area contributed by atoms with Gasteiger partial charge in [-0.1, -0.05) is 0 Å². The van der Waals surface area contributed by atoms with Crippen LogP contribution in [0, 0.1) is 0 Å². The molecule has 0 spiro atoms. The molecule has 0 aliphatic carbocycles. The van der Waals surface area contributed by atoms with E-state index in [0.29, 0.717) is 15.0 Å². The monoisotopic (exact) mass is 277 g/mol. The zero-order valence-corrected chi connectivity index (χ0v) is 11.3. The summed E-state index contributed by atoms with van der Waals surface area (Å²) in [4.78, 5) is 2.25. The van der Waals surface area contributed by atoms with Crippen molar-refractivity contribution in [2.45, 2.75) is 6.92 Å². The van der Waals surface area contributed by atoms with E-state index in [2.05, 4.69) is 61.9 Å². The molecule has 1 aromatic rings. The maximum absolute atomic E-state index is 3.92. The molecule has 82 valence electrons. The minimum absolute atomic E-state index is 0.375. The van der Waals surface area contributed by atoms with Crippen LogP contribution in [-0.2, 0) is 0 Å². The average molecular weight is 276 g/mol. The third kappa shape index (κ3) is 1.86. The van der Waals surface area contributed by atoms with Gasteiger partial charge in [0.25, 0.3) is 0 Å². The molecule has 0 fully saturated rings. The Labute approximate surface area is 103 Å². The second kappa shape index (κ2) is 4.73. The Morgan fingerprint density at radius 2 is 2.06 bits per heavy atom. The molecule has 1 aliphatic heterocycles. The van der Waals surface area contributed by atoms with Crippen LogP contribution in [0.15, 0.2) is 59.2 Å². The van der Waals surface area contributed by atoms with Gasteiger partial charge < -0.3 is 0 Å². The van der Waals surface area contributed by atoms with E-state index in [-0.39, 0.29) is 0 Å². The SMILES string of the molecule is C=CC1=C(/C=C\C)N(C)c2ccccc2[Se]1. The van der Waals surface area contributed by atoms with E-state index < -0.39 is 0 Å². The summed E-state index contributed by atoms with van der Waals surface area (Å²) in [6, 6.07) is 8.59. The molecule has 0 radical (unpaired) electrons. The Hall–Kier alpha value is -1.24. The number of likely N-dealkylation sites (N-methyl/N-ethyl adjacent to an activating group) is 1. The summed E-state index contributed by atoms with van der Waals surface area (Å²) >= 11 is 0.375. The van der Waals surface area contributed by atoms with Crippen molar-refractivity contribution in [1.82, 2.24) is 0 Å². The summed E-state index contributed by atoms with van der Waals surface area (Å²) in [5.74, 6) is 0. The number of para-hydroxylation sites is 1. The van der Waals surface area contributed by atoms with E-state index >= 15 is 0 Å². The van der Waals surface area contributed by atoms with Crippen molar-refractivity contribution in [3.8, 4) is 0 Å². The number of nitrogens with zero attached hydrogens (tertiary/aromatic N) is 1. The van der Waals surface area contributed by atoms with Crippen LogP contribution in [0.25, 0.3) is 0 Å². The molecule has 1 nitrogen and oxygen atoms in total. The van der Waals surface area contributed by atoms with Crippen molar-refractivity contribution in [2.75, 3.05) is 11.9 Å². The van der Waals surface area contributed by atoms with Crippen molar-refractivity contribution in [3.05, 3.63) is 59.2 Å². The fraction of sp³-hybridized carbons (Fsp3) is 0.143. The van der Waals surface area contributed by atoms with E-state index in [9.17, 15) is 0 Å². The second-order valence-electron chi connectivity index (χ2n) is 3.58. The van der Waals surface area contributed by atoms with E-state index in [1.807, 2.05) is 6.08 Å². The van der Waals surface area contributed by atoms with Gasteiger partial charge >= 0.3 is 103 Å². The molecule has 16 heavy (non-hydrogen) atoms. The molecule has 1 aliphatic rings. The molecule has 0 saturated carbocycles. The molecule has 0 aromatic heterocycles. The van der Waals surface area contributed by atoms with E-state index in [1.54, 1.807) is 0 Å². The predicted molar refractivity (Wildman–Crippen MR) is 72.3 cm³/mol. The van der Waals surface area contributed by atoms with Crippen LogP contribution >= 0.6 is 0 Å². The van der Waals surface area contributed by atoms with Gasteiger partial charge in [0.05, 0.1) is 0 Å². The molecule has 2 heteroatoms.